The van der Waals surface area contributed by atoms with Gasteiger partial charge in [-0.15, -0.1) is 0 Å². The van der Waals surface area contributed by atoms with Crippen molar-refractivity contribution in [3.05, 3.63) is 65.7 Å². The predicted molar refractivity (Wildman–Crippen MR) is 68.1 cm³/mol. The summed E-state index contributed by atoms with van der Waals surface area (Å²) in [7, 11) is 0. The first kappa shape index (κ1) is 11.7. The van der Waals surface area contributed by atoms with Gasteiger partial charge in [-0.25, -0.2) is 4.79 Å². The van der Waals surface area contributed by atoms with Gasteiger partial charge >= 0.3 is 5.97 Å². The maximum Gasteiger partial charge on any atom is 0.335 e. The second-order valence-electron chi connectivity index (χ2n) is 4.28. The van der Waals surface area contributed by atoms with Gasteiger partial charge < -0.3 is 14.6 Å². The highest BCUT2D eigenvalue weighted by Crippen LogP contribution is 2.39. The Kier molecular flexibility index (Phi) is 2.93. The first-order valence-corrected chi connectivity index (χ1v) is 5.94. The van der Waals surface area contributed by atoms with Crippen LogP contribution in [0.4, 0.5) is 0 Å². The Morgan fingerprint density at radius 2 is 1.74 bits per heavy atom. The number of carboxylic acids is 1. The molecule has 1 aliphatic heterocycles. The molecule has 2 aromatic carbocycles. The van der Waals surface area contributed by atoms with Crippen LogP contribution in [0.5, 0.6) is 5.75 Å². The van der Waals surface area contributed by atoms with Gasteiger partial charge in [0.05, 0.1) is 5.56 Å². The van der Waals surface area contributed by atoms with E-state index in [0.29, 0.717) is 5.75 Å². The van der Waals surface area contributed by atoms with Gasteiger partial charge in [0.15, 0.2) is 0 Å². The third-order valence-electron chi connectivity index (χ3n) is 2.93. The Morgan fingerprint density at radius 3 is 2.37 bits per heavy atom. The molecule has 0 saturated carbocycles. The number of aromatic carboxylic acids is 1. The quantitative estimate of drug-likeness (QED) is 0.854. The van der Waals surface area contributed by atoms with Gasteiger partial charge in [0.2, 0.25) is 6.29 Å². The molecule has 2 unspecified atom stereocenters. The molecule has 4 nitrogen and oxygen atoms in total. The van der Waals surface area contributed by atoms with Gasteiger partial charge in [-0.1, -0.05) is 30.3 Å². The molecule has 0 aromatic heterocycles. The molecule has 0 bridgehead atoms. The van der Waals surface area contributed by atoms with E-state index in [9.17, 15) is 4.79 Å². The second kappa shape index (κ2) is 4.74. The number of ether oxygens (including phenoxy) is 2. The van der Waals surface area contributed by atoms with E-state index in [1.165, 1.54) is 12.1 Å². The molecule has 2 atom stereocenters. The zero-order valence-corrected chi connectivity index (χ0v) is 10.0. The van der Waals surface area contributed by atoms with Crippen LogP contribution >= 0.6 is 0 Å². The van der Waals surface area contributed by atoms with Crippen molar-refractivity contribution >= 4 is 5.97 Å². The molecule has 1 fully saturated rings. The van der Waals surface area contributed by atoms with E-state index in [1.807, 2.05) is 30.3 Å². The van der Waals surface area contributed by atoms with Crippen LogP contribution in [0, 0.1) is 0 Å². The smallest absolute Gasteiger partial charge is 0.335 e. The molecule has 0 aliphatic carbocycles. The van der Waals surface area contributed by atoms with E-state index in [0.717, 1.165) is 5.56 Å². The average Bonchev–Trinajstić information content (AvgIpc) is 3.20. The van der Waals surface area contributed by atoms with E-state index in [1.54, 1.807) is 12.1 Å². The van der Waals surface area contributed by atoms with Crippen LogP contribution in [-0.2, 0) is 4.74 Å². The van der Waals surface area contributed by atoms with Crippen molar-refractivity contribution in [3.8, 4) is 5.75 Å². The summed E-state index contributed by atoms with van der Waals surface area (Å²) in [5.74, 6) is -0.343. The Morgan fingerprint density at radius 1 is 1.05 bits per heavy atom. The molecule has 3 rings (SSSR count). The van der Waals surface area contributed by atoms with Crippen molar-refractivity contribution in [2.24, 2.45) is 0 Å². The summed E-state index contributed by atoms with van der Waals surface area (Å²) in [6, 6.07) is 16.1. The molecule has 0 spiro atoms. The van der Waals surface area contributed by atoms with Crippen molar-refractivity contribution in [2.75, 3.05) is 0 Å². The van der Waals surface area contributed by atoms with Crippen LogP contribution in [-0.4, -0.2) is 17.4 Å². The van der Waals surface area contributed by atoms with E-state index in [4.69, 9.17) is 14.6 Å². The zero-order chi connectivity index (χ0) is 13.2. The summed E-state index contributed by atoms with van der Waals surface area (Å²) in [4.78, 5) is 10.7. The highest BCUT2D eigenvalue weighted by molar-refractivity contribution is 5.87. The molecule has 1 heterocycles. The number of hydrogen-bond donors (Lipinski definition) is 1. The Balaban J connectivity index is 1.63. The van der Waals surface area contributed by atoms with Crippen LogP contribution in [0.3, 0.4) is 0 Å². The highest BCUT2D eigenvalue weighted by Gasteiger charge is 2.42. The van der Waals surface area contributed by atoms with E-state index >= 15 is 0 Å². The van der Waals surface area contributed by atoms with Crippen molar-refractivity contribution in [1.82, 2.24) is 0 Å². The maximum absolute atomic E-state index is 10.7. The topological polar surface area (TPSA) is 59.1 Å². The number of epoxide rings is 1. The molecule has 0 radical (unpaired) electrons. The minimum Gasteiger partial charge on any atom is -0.478 e. The molecular formula is C15H12O4. The number of carboxylic acid groups (broad SMARTS) is 1. The molecule has 1 N–H and O–H groups in total. The molecule has 1 saturated heterocycles. The van der Waals surface area contributed by atoms with Gasteiger partial charge in [-0.3, -0.25) is 0 Å². The third kappa shape index (κ3) is 2.58. The fourth-order valence-corrected chi connectivity index (χ4v) is 1.88. The lowest BCUT2D eigenvalue weighted by Gasteiger charge is -2.02. The summed E-state index contributed by atoms with van der Waals surface area (Å²) in [6.45, 7) is 0. The SMILES string of the molecule is O=C(O)c1ccc(OC2OC2c2ccccc2)cc1. The fraction of sp³-hybridized carbons (Fsp3) is 0.133. The van der Waals surface area contributed by atoms with E-state index in [-0.39, 0.29) is 18.0 Å². The van der Waals surface area contributed by atoms with Crippen molar-refractivity contribution in [1.29, 1.82) is 0 Å². The lowest BCUT2D eigenvalue weighted by molar-refractivity contribution is 0.0697. The minimum atomic E-state index is -0.948. The van der Waals surface area contributed by atoms with Crippen molar-refractivity contribution in [2.45, 2.75) is 12.4 Å². The lowest BCUT2D eigenvalue weighted by Crippen LogP contribution is -2.01. The van der Waals surface area contributed by atoms with Gasteiger partial charge in [-0.05, 0) is 29.8 Å². The normalized spacial score (nSPS) is 20.8. The first-order chi connectivity index (χ1) is 9.24. The summed E-state index contributed by atoms with van der Waals surface area (Å²) in [5.41, 5.74) is 1.32. The van der Waals surface area contributed by atoms with Gasteiger partial charge in [-0.2, -0.15) is 0 Å². The molecule has 0 amide bonds. The maximum atomic E-state index is 10.7. The Bertz CT molecular complexity index is 577. The van der Waals surface area contributed by atoms with Crippen LogP contribution < -0.4 is 4.74 Å². The van der Waals surface area contributed by atoms with E-state index < -0.39 is 5.97 Å². The lowest BCUT2D eigenvalue weighted by atomic mass is 10.1. The molecule has 4 heteroatoms. The molecular weight excluding hydrogens is 244 g/mol. The Labute approximate surface area is 110 Å². The van der Waals surface area contributed by atoms with E-state index in [2.05, 4.69) is 0 Å². The zero-order valence-electron chi connectivity index (χ0n) is 10.0. The highest BCUT2D eigenvalue weighted by atomic mass is 16.8. The van der Waals surface area contributed by atoms with Crippen LogP contribution in [0.1, 0.15) is 22.0 Å². The largest absolute Gasteiger partial charge is 0.478 e. The minimum absolute atomic E-state index is 0.0413. The fourth-order valence-electron chi connectivity index (χ4n) is 1.88. The standard InChI is InChI=1S/C15H12O4/c16-14(17)11-6-8-12(9-7-11)18-15-13(19-15)10-4-2-1-3-5-10/h1-9,13,15H,(H,16,17). The number of rotatable bonds is 4. The number of benzene rings is 2. The predicted octanol–water partition coefficient (Wildman–Crippen LogP) is 2.86. The summed E-state index contributed by atoms with van der Waals surface area (Å²) < 4.78 is 11.1. The molecule has 2 aromatic rings. The third-order valence-corrected chi connectivity index (χ3v) is 2.93. The van der Waals surface area contributed by atoms with Crippen LogP contribution in [0.15, 0.2) is 54.6 Å². The summed E-state index contributed by atoms with van der Waals surface area (Å²) in [6.07, 6.45) is -0.335. The monoisotopic (exact) mass is 256 g/mol. The van der Waals surface area contributed by atoms with Gasteiger partial charge in [0, 0.05) is 0 Å². The molecule has 19 heavy (non-hydrogen) atoms. The van der Waals surface area contributed by atoms with Gasteiger partial charge in [0.1, 0.15) is 11.9 Å². The summed E-state index contributed by atoms with van der Waals surface area (Å²) >= 11 is 0. The number of hydrogen-bond acceptors (Lipinski definition) is 3. The van der Waals surface area contributed by atoms with Crippen molar-refractivity contribution < 1.29 is 19.4 Å². The average molecular weight is 256 g/mol. The Hall–Kier alpha value is -2.33. The summed E-state index contributed by atoms with van der Waals surface area (Å²) in [5, 5.41) is 8.80. The van der Waals surface area contributed by atoms with Crippen LogP contribution in [0.2, 0.25) is 0 Å². The number of carbonyl (C=O) groups is 1. The van der Waals surface area contributed by atoms with Crippen LogP contribution in [0.25, 0.3) is 0 Å². The van der Waals surface area contributed by atoms with Crippen molar-refractivity contribution in [3.63, 3.8) is 0 Å². The van der Waals surface area contributed by atoms with Gasteiger partial charge in [0.25, 0.3) is 0 Å². The first-order valence-electron chi connectivity index (χ1n) is 5.94. The molecule has 96 valence electrons. The second-order valence-corrected chi connectivity index (χ2v) is 4.28. The molecule has 1 aliphatic rings.